The lowest BCUT2D eigenvalue weighted by atomic mass is 9.97. The van der Waals surface area contributed by atoms with E-state index in [2.05, 4.69) is 45.3 Å². The molecule has 0 aliphatic carbocycles. The van der Waals surface area contributed by atoms with Crippen LogP contribution in [0.3, 0.4) is 0 Å². The lowest BCUT2D eigenvalue weighted by Crippen LogP contribution is -2.45. The number of carbonyl (C=O) groups is 1. The lowest BCUT2D eigenvalue weighted by Gasteiger charge is -2.32. The molecule has 0 bridgehead atoms. The molecule has 1 fully saturated rings. The third-order valence-electron chi connectivity index (χ3n) is 5.64. The van der Waals surface area contributed by atoms with E-state index in [0.717, 1.165) is 50.3 Å². The minimum absolute atomic E-state index is 0.0620. The van der Waals surface area contributed by atoms with Gasteiger partial charge in [0.25, 0.3) is 0 Å². The molecule has 2 amide bonds. The van der Waals surface area contributed by atoms with Gasteiger partial charge in [-0.2, -0.15) is 0 Å². The number of nitrogens with zero attached hydrogens (tertiary/aromatic N) is 3. The maximum Gasteiger partial charge on any atom is 0.317 e. The number of rotatable bonds is 6. The standard InChI is InChI=1S/C24H28N4O/c29-24(26-14-11-20-7-3-1-4-8-20)27-16-12-21(13-17-27)19-28-18-15-25-23(28)22-9-5-2-6-10-22/h1-10,15,18,21H,11-14,16-17,19H2,(H,26,29). The predicted octanol–water partition coefficient (Wildman–Crippen LogP) is 4.21. The van der Waals surface area contributed by atoms with Gasteiger partial charge in [-0.3, -0.25) is 0 Å². The molecule has 3 aromatic rings. The number of likely N-dealkylation sites (tertiary alicyclic amines) is 1. The number of amides is 2. The van der Waals surface area contributed by atoms with Gasteiger partial charge in [0.1, 0.15) is 5.82 Å². The van der Waals surface area contributed by atoms with Crippen LogP contribution >= 0.6 is 0 Å². The Morgan fingerprint density at radius 2 is 1.69 bits per heavy atom. The van der Waals surface area contributed by atoms with Crippen molar-refractivity contribution >= 4 is 6.03 Å². The molecule has 0 radical (unpaired) electrons. The summed E-state index contributed by atoms with van der Waals surface area (Å²) >= 11 is 0. The summed E-state index contributed by atoms with van der Waals surface area (Å²) in [5, 5.41) is 3.06. The number of carbonyl (C=O) groups excluding carboxylic acids is 1. The van der Waals surface area contributed by atoms with Gasteiger partial charge in [-0.1, -0.05) is 60.7 Å². The minimum atomic E-state index is 0.0620. The molecule has 1 aliphatic heterocycles. The summed E-state index contributed by atoms with van der Waals surface area (Å²) in [5.41, 5.74) is 2.40. The minimum Gasteiger partial charge on any atom is -0.338 e. The second-order valence-electron chi connectivity index (χ2n) is 7.67. The van der Waals surface area contributed by atoms with Crippen molar-refractivity contribution < 1.29 is 4.79 Å². The second kappa shape index (κ2) is 9.41. The Kier molecular flexibility index (Phi) is 6.25. The quantitative estimate of drug-likeness (QED) is 0.688. The van der Waals surface area contributed by atoms with Crippen molar-refractivity contribution in [2.45, 2.75) is 25.8 Å². The first-order valence-corrected chi connectivity index (χ1v) is 10.4. The summed E-state index contributed by atoms with van der Waals surface area (Å²) in [4.78, 5) is 18.9. The Labute approximate surface area is 172 Å². The first-order chi connectivity index (χ1) is 14.3. The number of hydrogen-bond acceptors (Lipinski definition) is 2. The molecule has 0 saturated carbocycles. The Bertz CT molecular complexity index is 899. The normalized spacial score (nSPS) is 14.7. The van der Waals surface area contributed by atoms with E-state index in [9.17, 15) is 4.79 Å². The van der Waals surface area contributed by atoms with Crippen LogP contribution in [0.15, 0.2) is 73.1 Å². The zero-order valence-corrected chi connectivity index (χ0v) is 16.7. The molecule has 150 valence electrons. The largest absolute Gasteiger partial charge is 0.338 e. The number of aromatic nitrogens is 2. The van der Waals surface area contributed by atoms with Gasteiger partial charge in [-0.15, -0.1) is 0 Å². The third kappa shape index (κ3) is 5.05. The fourth-order valence-corrected chi connectivity index (χ4v) is 3.97. The maximum atomic E-state index is 12.5. The van der Waals surface area contributed by atoms with Gasteiger partial charge in [0.15, 0.2) is 0 Å². The van der Waals surface area contributed by atoms with Crippen molar-refractivity contribution in [2.24, 2.45) is 5.92 Å². The Morgan fingerprint density at radius 1 is 1.00 bits per heavy atom. The van der Waals surface area contributed by atoms with E-state index in [0.29, 0.717) is 12.5 Å². The Morgan fingerprint density at radius 3 is 2.41 bits per heavy atom. The number of urea groups is 1. The fourth-order valence-electron chi connectivity index (χ4n) is 3.97. The van der Waals surface area contributed by atoms with Crippen LogP contribution in [-0.2, 0) is 13.0 Å². The number of nitrogens with one attached hydrogen (secondary N) is 1. The first-order valence-electron chi connectivity index (χ1n) is 10.4. The maximum absolute atomic E-state index is 12.5. The van der Waals surface area contributed by atoms with Crippen molar-refractivity contribution in [1.29, 1.82) is 0 Å². The highest BCUT2D eigenvalue weighted by atomic mass is 16.2. The Hall–Kier alpha value is -3.08. The summed E-state index contributed by atoms with van der Waals surface area (Å²) in [7, 11) is 0. The van der Waals surface area contributed by atoms with Crippen molar-refractivity contribution in [2.75, 3.05) is 19.6 Å². The van der Waals surface area contributed by atoms with Gasteiger partial charge in [0.2, 0.25) is 0 Å². The van der Waals surface area contributed by atoms with E-state index in [1.807, 2.05) is 47.5 Å². The van der Waals surface area contributed by atoms with E-state index in [1.54, 1.807) is 0 Å². The van der Waals surface area contributed by atoms with Crippen LogP contribution in [0.1, 0.15) is 18.4 Å². The number of hydrogen-bond donors (Lipinski definition) is 1. The fraction of sp³-hybridized carbons (Fsp3) is 0.333. The summed E-state index contributed by atoms with van der Waals surface area (Å²) < 4.78 is 2.25. The van der Waals surface area contributed by atoms with Crippen molar-refractivity contribution in [3.63, 3.8) is 0 Å². The molecular weight excluding hydrogens is 360 g/mol. The zero-order valence-electron chi connectivity index (χ0n) is 16.7. The molecule has 0 atom stereocenters. The monoisotopic (exact) mass is 388 g/mol. The van der Waals surface area contributed by atoms with E-state index in [1.165, 1.54) is 5.56 Å². The van der Waals surface area contributed by atoms with Gasteiger partial charge in [0.05, 0.1) is 0 Å². The highest BCUT2D eigenvalue weighted by Crippen LogP contribution is 2.23. The summed E-state index contributed by atoms with van der Waals surface area (Å²) in [6.07, 6.45) is 6.85. The molecule has 4 rings (SSSR count). The van der Waals surface area contributed by atoms with Gasteiger partial charge >= 0.3 is 6.03 Å². The van der Waals surface area contributed by atoms with Crippen molar-refractivity contribution in [3.8, 4) is 11.4 Å². The molecule has 1 aliphatic rings. The SMILES string of the molecule is O=C(NCCc1ccccc1)N1CCC(Cn2ccnc2-c2ccccc2)CC1. The van der Waals surface area contributed by atoms with Crippen molar-refractivity contribution in [3.05, 3.63) is 78.6 Å². The average molecular weight is 389 g/mol. The van der Waals surface area contributed by atoms with Crippen LogP contribution in [0, 0.1) is 5.92 Å². The van der Waals surface area contributed by atoms with Crippen LogP contribution in [0.4, 0.5) is 4.79 Å². The molecule has 5 heteroatoms. The molecule has 0 spiro atoms. The molecule has 2 heterocycles. The average Bonchev–Trinajstić information content (AvgIpc) is 3.24. The van der Waals surface area contributed by atoms with Crippen LogP contribution in [0.2, 0.25) is 0 Å². The van der Waals surface area contributed by atoms with Gasteiger partial charge in [-0.25, -0.2) is 9.78 Å². The Balaban J connectivity index is 1.24. The molecule has 1 saturated heterocycles. The molecule has 5 nitrogen and oxygen atoms in total. The summed E-state index contributed by atoms with van der Waals surface area (Å²) in [6, 6.07) is 20.6. The highest BCUT2D eigenvalue weighted by molar-refractivity contribution is 5.74. The van der Waals surface area contributed by atoms with E-state index in [4.69, 9.17) is 0 Å². The van der Waals surface area contributed by atoms with Gasteiger partial charge in [-0.05, 0) is 30.7 Å². The van der Waals surface area contributed by atoms with Gasteiger partial charge < -0.3 is 14.8 Å². The van der Waals surface area contributed by atoms with E-state index < -0.39 is 0 Å². The smallest absolute Gasteiger partial charge is 0.317 e. The van der Waals surface area contributed by atoms with Crippen LogP contribution in [-0.4, -0.2) is 40.1 Å². The zero-order chi connectivity index (χ0) is 19.9. The van der Waals surface area contributed by atoms with Crippen LogP contribution in [0.25, 0.3) is 11.4 Å². The summed E-state index contributed by atoms with van der Waals surface area (Å²) in [5.74, 6) is 1.59. The van der Waals surface area contributed by atoms with E-state index >= 15 is 0 Å². The second-order valence-corrected chi connectivity index (χ2v) is 7.67. The number of piperidine rings is 1. The lowest BCUT2D eigenvalue weighted by molar-refractivity contribution is 0.166. The highest BCUT2D eigenvalue weighted by Gasteiger charge is 2.23. The molecule has 1 N–H and O–H groups in total. The predicted molar refractivity (Wildman–Crippen MR) is 116 cm³/mol. The topological polar surface area (TPSA) is 50.2 Å². The van der Waals surface area contributed by atoms with Gasteiger partial charge in [0, 0.05) is 44.1 Å². The molecule has 2 aromatic carbocycles. The van der Waals surface area contributed by atoms with Crippen LogP contribution < -0.4 is 5.32 Å². The molecular formula is C24H28N4O. The number of imidazole rings is 1. The molecule has 1 aromatic heterocycles. The molecule has 29 heavy (non-hydrogen) atoms. The first kappa shape index (κ1) is 19.2. The van der Waals surface area contributed by atoms with E-state index in [-0.39, 0.29) is 6.03 Å². The van der Waals surface area contributed by atoms with Crippen LogP contribution in [0.5, 0.6) is 0 Å². The summed E-state index contributed by atoms with van der Waals surface area (Å²) in [6.45, 7) is 3.26. The third-order valence-corrected chi connectivity index (χ3v) is 5.64. The number of benzene rings is 2. The molecule has 0 unspecified atom stereocenters. The van der Waals surface area contributed by atoms with Crippen molar-refractivity contribution in [1.82, 2.24) is 19.8 Å².